The van der Waals surface area contributed by atoms with Crippen LogP contribution < -0.4 is 15.4 Å². The number of anilines is 1. The van der Waals surface area contributed by atoms with E-state index in [0.717, 1.165) is 24.7 Å². The Balaban J connectivity index is 1.98. The molecule has 0 aromatic carbocycles. The van der Waals surface area contributed by atoms with Gasteiger partial charge in [-0.05, 0) is 6.07 Å². The number of aromatic nitrogens is 1. The number of pyridine rings is 1. The average Bonchev–Trinajstić information content (AvgIpc) is 2.46. The maximum atomic E-state index is 11.5. The second kappa shape index (κ2) is 5.68. The van der Waals surface area contributed by atoms with Gasteiger partial charge in [0, 0.05) is 38.4 Å². The highest BCUT2D eigenvalue weighted by Crippen LogP contribution is 2.19. The summed E-state index contributed by atoms with van der Waals surface area (Å²) in [6.45, 7) is 3.00. The largest absolute Gasteiger partial charge is 0.497 e. The van der Waals surface area contributed by atoms with Crippen molar-refractivity contribution in [3.8, 4) is 5.75 Å². The van der Waals surface area contributed by atoms with E-state index in [-0.39, 0.29) is 12.5 Å². The van der Waals surface area contributed by atoms with Crippen molar-refractivity contribution < 1.29 is 9.53 Å². The van der Waals surface area contributed by atoms with E-state index in [9.17, 15) is 4.79 Å². The number of nitrogens with zero attached hydrogens (tertiary/aromatic N) is 3. The zero-order valence-electron chi connectivity index (χ0n) is 10.5. The normalized spacial score (nSPS) is 15.7. The molecule has 6 heteroatoms. The fourth-order valence-electron chi connectivity index (χ4n) is 2.01. The van der Waals surface area contributed by atoms with Crippen LogP contribution in [-0.4, -0.2) is 55.6 Å². The van der Waals surface area contributed by atoms with Crippen molar-refractivity contribution >= 4 is 11.7 Å². The van der Waals surface area contributed by atoms with E-state index in [4.69, 9.17) is 10.5 Å². The van der Waals surface area contributed by atoms with Crippen LogP contribution in [0, 0.1) is 0 Å². The quantitative estimate of drug-likeness (QED) is 0.797. The highest BCUT2D eigenvalue weighted by atomic mass is 16.5. The molecule has 0 spiro atoms. The molecule has 98 valence electrons. The van der Waals surface area contributed by atoms with E-state index < -0.39 is 0 Å². The third kappa shape index (κ3) is 2.70. The third-order valence-corrected chi connectivity index (χ3v) is 3.08. The van der Waals surface area contributed by atoms with Crippen LogP contribution in [0.4, 0.5) is 5.82 Å². The first-order chi connectivity index (χ1) is 8.74. The smallest absolute Gasteiger partial charge is 0.236 e. The van der Waals surface area contributed by atoms with Crippen molar-refractivity contribution in [2.75, 3.05) is 44.7 Å². The molecule has 0 bridgehead atoms. The summed E-state index contributed by atoms with van der Waals surface area (Å²) in [7, 11) is 1.64. The van der Waals surface area contributed by atoms with Crippen molar-refractivity contribution in [2.24, 2.45) is 5.73 Å². The van der Waals surface area contributed by atoms with Gasteiger partial charge in [0.05, 0.1) is 13.7 Å². The molecule has 1 fully saturated rings. The first-order valence-corrected chi connectivity index (χ1v) is 5.97. The molecule has 2 heterocycles. The lowest BCUT2D eigenvalue weighted by atomic mass is 10.3. The molecule has 2 rings (SSSR count). The summed E-state index contributed by atoms with van der Waals surface area (Å²) in [4.78, 5) is 19.7. The van der Waals surface area contributed by atoms with Gasteiger partial charge in [-0.3, -0.25) is 4.79 Å². The van der Waals surface area contributed by atoms with Crippen LogP contribution in [0.3, 0.4) is 0 Å². The molecule has 1 aromatic rings. The van der Waals surface area contributed by atoms with Crippen molar-refractivity contribution in [1.82, 2.24) is 9.88 Å². The van der Waals surface area contributed by atoms with E-state index in [1.807, 2.05) is 12.1 Å². The Bertz CT molecular complexity index is 416. The van der Waals surface area contributed by atoms with E-state index in [1.165, 1.54) is 0 Å². The molecule has 1 aliphatic rings. The fourth-order valence-corrected chi connectivity index (χ4v) is 2.01. The Morgan fingerprint density at radius 3 is 2.78 bits per heavy atom. The van der Waals surface area contributed by atoms with E-state index >= 15 is 0 Å². The van der Waals surface area contributed by atoms with Crippen LogP contribution in [0.1, 0.15) is 0 Å². The van der Waals surface area contributed by atoms with Gasteiger partial charge in [0.25, 0.3) is 0 Å². The summed E-state index contributed by atoms with van der Waals surface area (Å²) >= 11 is 0. The number of hydrogen-bond acceptors (Lipinski definition) is 5. The van der Waals surface area contributed by atoms with Gasteiger partial charge in [0.1, 0.15) is 11.6 Å². The zero-order valence-corrected chi connectivity index (χ0v) is 10.5. The van der Waals surface area contributed by atoms with Crippen molar-refractivity contribution in [3.63, 3.8) is 0 Å². The Morgan fingerprint density at radius 2 is 2.17 bits per heavy atom. The molecule has 1 amide bonds. The Kier molecular flexibility index (Phi) is 3.99. The minimum Gasteiger partial charge on any atom is -0.497 e. The van der Waals surface area contributed by atoms with Crippen LogP contribution >= 0.6 is 0 Å². The van der Waals surface area contributed by atoms with Gasteiger partial charge in [-0.25, -0.2) is 4.98 Å². The van der Waals surface area contributed by atoms with Crippen LogP contribution in [0.15, 0.2) is 18.3 Å². The molecule has 0 unspecified atom stereocenters. The summed E-state index contributed by atoms with van der Waals surface area (Å²) < 4.78 is 5.17. The Morgan fingerprint density at radius 1 is 1.44 bits per heavy atom. The number of amides is 1. The average molecular weight is 250 g/mol. The molecule has 0 radical (unpaired) electrons. The molecule has 1 aliphatic heterocycles. The number of carbonyl (C=O) groups excluding carboxylic acids is 1. The topological polar surface area (TPSA) is 71.7 Å². The molecule has 2 N–H and O–H groups in total. The summed E-state index contributed by atoms with van der Waals surface area (Å²) in [6, 6.07) is 3.72. The number of methoxy groups -OCH3 is 1. The number of hydrogen-bond donors (Lipinski definition) is 1. The number of piperazine rings is 1. The van der Waals surface area contributed by atoms with Gasteiger partial charge in [-0.15, -0.1) is 0 Å². The lowest BCUT2D eigenvalue weighted by Gasteiger charge is -2.35. The maximum absolute atomic E-state index is 11.5. The first kappa shape index (κ1) is 12.6. The molecule has 0 saturated carbocycles. The molecule has 1 saturated heterocycles. The number of carbonyl (C=O) groups is 1. The van der Waals surface area contributed by atoms with Crippen LogP contribution in [0.5, 0.6) is 5.75 Å². The third-order valence-electron chi connectivity index (χ3n) is 3.08. The lowest BCUT2D eigenvalue weighted by molar-refractivity contribution is -0.129. The molecule has 0 atom stereocenters. The van der Waals surface area contributed by atoms with Crippen molar-refractivity contribution in [2.45, 2.75) is 0 Å². The predicted octanol–water partition coefficient (Wildman–Crippen LogP) is -0.302. The fraction of sp³-hybridized carbons (Fsp3) is 0.500. The summed E-state index contributed by atoms with van der Waals surface area (Å²) in [5, 5.41) is 0. The SMILES string of the molecule is COc1ccnc(N2CCN(C(=O)CN)CC2)c1. The summed E-state index contributed by atoms with van der Waals surface area (Å²) in [5.74, 6) is 1.68. The van der Waals surface area contributed by atoms with Gasteiger partial charge >= 0.3 is 0 Å². The molecular formula is C12H18N4O2. The van der Waals surface area contributed by atoms with Crippen molar-refractivity contribution in [3.05, 3.63) is 18.3 Å². The number of ether oxygens (including phenoxy) is 1. The predicted molar refractivity (Wildman–Crippen MR) is 68.6 cm³/mol. The molecule has 6 nitrogen and oxygen atoms in total. The summed E-state index contributed by atoms with van der Waals surface area (Å²) in [5.41, 5.74) is 5.35. The van der Waals surface area contributed by atoms with Gasteiger partial charge in [0.15, 0.2) is 0 Å². The standard InChI is InChI=1S/C12H18N4O2/c1-18-10-2-3-14-11(8-10)15-4-6-16(7-5-15)12(17)9-13/h2-3,8H,4-7,9,13H2,1H3. The van der Waals surface area contributed by atoms with Gasteiger partial charge < -0.3 is 20.3 Å². The van der Waals surface area contributed by atoms with Crippen LogP contribution in [0.2, 0.25) is 0 Å². The van der Waals surface area contributed by atoms with E-state index in [2.05, 4.69) is 9.88 Å². The Labute approximate surface area is 106 Å². The zero-order chi connectivity index (χ0) is 13.0. The van der Waals surface area contributed by atoms with Gasteiger partial charge in [0.2, 0.25) is 5.91 Å². The first-order valence-electron chi connectivity index (χ1n) is 5.97. The molecule has 0 aliphatic carbocycles. The minimum atomic E-state index is 0.00764. The lowest BCUT2D eigenvalue weighted by Crippen LogP contribution is -2.50. The highest BCUT2D eigenvalue weighted by molar-refractivity contribution is 5.78. The van der Waals surface area contributed by atoms with Crippen LogP contribution in [0.25, 0.3) is 0 Å². The summed E-state index contributed by atoms with van der Waals surface area (Å²) in [6.07, 6.45) is 1.73. The van der Waals surface area contributed by atoms with E-state index in [0.29, 0.717) is 13.1 Å². The molecule has 18 heavy (non-hydrogen) atoms. The van der Waals surface area contributed by atoms with Gasteiger partial charge in [-0.2, -0.15) is 0 Å². The Hall–Kier alpha value is -1.82. The molecular weight excluding hydrogens is 232 g/mol. The maximum Gasteiger partial charge on any atom is 0.236 e. The number of rotatable bonds is 3. The second-order valence-corrected chi connectivity index (χ2v) is 4.13. The number of nitrogens with two attached hydrogens (primary N) is 1. The van der Waals surface area contributed by atoms with Crippen LogP contribution in [-0.2, 0) is 4.79 Å². The van der Waals surface area contributed by atoms with Gasteiger partial charge in [-0.1, -0.05) is 0 Å². The molecule has 1 aromatic heterocycles. The second-order valence-electron chi connectivity index (χ2n) is 4.13. The highest BCUT2D eigenvalue weighted by Gasteiger charge is 2.20. The van der Waals surface area contributed by atoms with E-state index in [1.54, 1.807) is 18.2 Å². The minimum absolute atomic E-state index is 0.00764. The van der Waals surface area contributed by atoms with Crippen molar-refractivity contribution in [1.29, 1.82) is 0 Å². The monoisotopic (exact) mass is 250 g/mol.